The van der Waals surface area contributed by atoms with Crippen molar-refractivity contribution in [3.63, 3.8) is 0 Å². The Morgan fingerprint density at radius 1 is 0.947 bits per heavy atom. The lowest BCUT2D eigenvalue weighted by atomic mass is 9.72. The summed E-state index contributed by atoms with van der Waals surface area (Å²) in [5.41, 5.74) is 2.65. The first kappa shape index (κ1) is 23.4. The number of carbonyl (C=O) groups is 1. The Kier molecular flexibility index (Phi) is 5.85. The number of hydrogen-bond acceptors (Lipinski definition) is 4. The summed E-state index contributed by atoms with van der Waals surface area (Å²) in [5.74, 6) is 1.16. The SMILES string of the molecule is CCC1CN2CC[C@H]1CC2[C@@H](OC(=O)c1c2ccccc2cc2ccccc12)c1ccnc2ccccc12. The average molecular weight is 501 g/mol. The second-order valence-electron chi connectivity index (χ2n) is 11.0. The molecule has 0 saturated carbocycles. The molecule has 3 aliphatic heterocycles. The third kappa shape index (κ3) is 3.86. The third-order valence-corrected chi connectivity index (χ3v) is 9.01. The van der Waals surface area contributed by atoms with Crippen LogP contribution in [-0.2, 0) is 4.74 Å². The molecule has 38 heavy (non-hydrogen) atoms. The quantitative estimate of drug-likeness (QED) is 0.184. The highest BCUT2D eigenvalue weighted by atomic mass is 16.5. The van der Waals surface area contributed by atoms with Crippen molar-refractivity contribution >= 4 is 38.4 Å². The molecule has 5 atom stereocenters. The first-order chi connectivity index (χ1) is 18.7. The van der Waals surface area contributed by atoms with E-state index in [2.05, 4.69) is 47.1 Å². The molecule has 3 saturated heterocycles. The largest absolute Gasteiger partial charge is 0.452 e. The van der Waals surface area contributed by atoms with Crippen molar-refractivity contribution in [3.05, 3.63) is 102 Å². The van der Waals surface area contributed by atoms with Crippen molar-refractivity contribution in [2.75, 3.05) is 13.1 Å². The van der Waals surface area contributed by atoms with Gasteiger partial charge in [0.2, 0.25) is 0 Å². The minimum Gasteiger partial charge on any atom is -0.452 e. The van der Waals surface area contributed by atoms with E-state index in [-0.39, 0.29) is 18.1 Å². The number of fused-ring (bicyclic) bond motifs is 6. The maximum atomic E-state index is 14.3. The van der Waals surface area contributed by atoms with Gasteiger partial charge in [-0.1, -0.05) is 80.1 Å². The lowest BCUT2D eigenvalue weighted by Gasteiger charge is -2.51. The van der Waals surface area contributed by atoms with E-state index >= 15 is 0 Å². The molecule has 8 rings (SSSR count). The number of benzene rings is 4. The summed E-state index contributed by atoms with van der Waals surface area (Å²) < 4.78 is 6.70. The zero-order valence-corrected chi connectivity index (χ0v) is 21.7. The van der Waals surface area contributed by atoms with E-state index in [1.807, 2.05) is 60.8 Å². The summed E-state index contributed by atoms with van der Waals surface area (Å²) in [6.45, 7) is 4.46. The highest BCUT2D eigenvalue weighted by Crippen LogP contribution is 2.44. The highest BCUT2D eigenvalue weighted by Gasteiger charge is 2.44. The number of rotatable bonds is 5. The number of piperidine rings is 3. The molecule has 0 N–H and O–H groups in total. The van der Waals surface area contributed by atoms with Crippen molar-refractivity contribution in [2.45, 2.75) is 38.3 Å². The molecule has 0 amide bonds. The first-order valence-corrected chi connectivity index (χ1v) is 13.9. The molecular formula is C34H32N2O2. The van der Waals surface area contributed by atoms with Gasteiger partial charge in [0, 0.05) is 23.7 Å². The number of carbonyl (C=O) groups excluding carboxylic acids is 1. The van der Waals surface area contributed by atoms with Crippen molar-refractivity contribution in [1.82, 2.24) is 9.88 Å². The van der Waals surface area contributed by atoms with Gasteiger partial charge in [-0.05, 0) is 71.0 Å². The molecule has 4 nitrogen and oxygen atoms in total. The normalized spacial score (nSPS) is 23.6. The van der Waals surface area contributed by atoms with Gasteiger partial charge >= 0.3 is 5.97 Å². The highest BCUT2D eigenvalue weighted by molar-refractivity contribution is 6.16. The zero-order chi connectivity index (χ0) is 25.6. The van der Waals surface area contributed by atoms with Crippen LogP contribution in [0.15, 0.2) is 91.1 Å². The predicted octanol–water partition coefficient (Wildman–Crippen LogP) is 7.56. The minimum atomic E-state index is -0.367. The monoisotopic (exact) mass is 500 g/mol. The van der Waals surface area contributed by atoms with Gasteiger partial charge in [-0.25, -0.2) is 4.79 Å². The molecule has 2 bridgehead atoms. The fourth-order valence-electron chi connectivity index (χ4n) is 7.08. The molecule has 3 fully saturated rings. The van der Waals surface area contributed by atoms with Crippen LogP contribution >= 0.6 is 0 Å². The number of para-hydroxylation sites is 1. The van der Waals surface area contributed by atoms with Gasteiger partial charge in [0.1, 0.15) is 6.10 Å². The Hall–Kier alpha value is -3.76. The van der Waals surface area contributed by atoms with Crippen LogP contribution in [0.1, 0.15) is 48.2 Å². The van der Waals surface area contributed by atoms with Crippen molar-refractivity contribution in [1.29, 1.82) is 0 Å². The smallest absolute Gasteiger partial charge is 0.340 e. The summed E-state index contributed by atoms with van der Waals surface area (Å²) in [4.78, 5) is 21.5. The Balaban J connectivity index is 1.36. The van der Waals surface area contributed by atoms with Crippen LogP contribution in [0.25, 0.3) is 32.4 Å². The van der Waals surface area contributed by atoms with Gasteiger partial charge < -0.3 is 4.74 Å². The maximum Gasteiger partial charge on any atom is 0.340 e. The molecule has 4 aromatic carbocycles. The van der Waals surface area contributed by atoms with E-state index in [9.17, 15) is 4.79 Å². The fraction of sp³-hybridized carbons (Fsp3) is 0.294. The second-order valence-corrected chi connectivity index (χ2v) is 11.0. The lowest BCUT2D eigenvalue weighted by molar-refractivity contribution is -0.0658. The van der Waals surface area contributed by atoms with Gasteiger partial charge in [0.25, 0.3) is 0 Å². The van der Waals surface area contributed by atoms with E-state index in [0.717, 1.165) is 63.4 Å². The van der Waals surface area contributed by atoms with Crippen LogP contribution in [0.2, 0.25) is 0 Å². The number of nitrogens with zero attached hydrogens (tertiary/aromatic N) is 2. The van der Waals surface area contributed by atoms with E-state index in [0.29, 0.717) is 11.5 Å². The lowest BCUT2D eigenvalue weighted by Crippen LogP contribution is -2.55. The average Bonchev–Trinajstić information content (AvgIpc) is 2.98. The van der Waals surface area contributed by atoms with Crippen molar-refractivity contribution < 1.29 is 9.53 Å². The van der Waals surface area contributed by atoms with E-state index < -0.39 is 0 Å². The number of aromatic nitrogens is 1. The second kappa shape index (κ2) is 9.52. The number of ether oxygens (including phenoxy) is 1. The molecule has 0 spiro atoms. The van der Waals surface area contributed by atoms with Crippen LogP contribution < -0.4 is 0 Å². The van der Waals surface area contributed by atoms with Crippen LogP contribution in [-0.4, -0.2) is 35.0 Å². The summed E-state index contributed by atoms with van der Waals surface area (Å²) in [6, 6.07) is 28.8. The Morgan fingerprint density at radius 2 is 1.63 bits per heavy atom. The maximum absolute atomic E-state index is 14.3. The standard InChI is InChI=1S/C34H32N2O2/c1-2-22-21-36-18-16-23(22)20-31(36)33(29-15-17-35-30-14-8-7-13-28(29)30)38-34(37)32-26-11-5-3-9-24(26)19-25-10-4-6-12-27(25)32/h3-15,17,19,22-23,31,33H,2,16,18,20-21H2,1H3/t22?,23-,31?,33-/m0/s1. The number of pyridine rings is 1. The fourth-order valence-corrected chi connectivity index (χ4v) is 7.08. The summed E-state index contributed by atoms with van der Waals surface area (Å²) in [5, 5.41) is 5.04. The van der Waals surface area contributed by atoms with Crippen molar-refractivity contribution in [3.8, 4) is 0 Å². The van der Waals surface area contributed by atoms with Gasteiger partial charge in [0.15, 0.2) is 0 Å². The minimum absolute atomic E-state index is 0.160. The summed E-state index contributed by atoms with van der Waals surface area (Å²) in [6.07, 6.45) is 4.99. The molecule has 1 aromatic heterocycles. The van der Waals surface area contributed by atoms with Crippen molar-refractivity contribution in [2.24, 2.45) is 11.8 Å². The van der Waals surface area contributed by atoms with Crippen LogP contribution in [0.4, 0.5) is 0 Å². The van der Waals surface area contributed by atoms with E-state index in [1.165, 1.54) is 12.8 Å². The molecule has 4 heteroatoms. The first-order valence-electron chi connectivity index (χ1n) is 13.9. The molecule has 0 aliphatic carbocycles. The van der Waals surface area contributed by atoms with Gasteiger partial charge in [0.05, 0.1) is 17.1 Å². The zero-order valence-electron chi connectivity index (χ0n) is 21.7. The van der Waals surface area contributed by atoms with Crippen LogP contribution in [0.5, 0.6) is 0 Å². The molecule has 5 aromatic rings. The van der Waals surface area contributed by atoms with Gasteiger partial charge in [-0.3, -0.25) is 9.88 Å². The third-order valence-electron chi connectivity index (χ3n) is 9.01. The predicted molar refractivity (Wildman–Crippen MR) is 153 cm³/mol. The van der Waals surface area contributed by atoms with Gasteiger partial charge in [-0.2, -0.15) is 0 Å². The summed E-state index contributed by atoms with van der Waals surface area (Å²) in [7, 11) is 0. The summed E-state index contributed by atoms with van der Waals surface area (Å²) >= 11 is 0. The Bertz CT molecular complexity index is 1600. The molecule has 3 aliphatic rings. The number of hydrogen-bond donors (Lipinski definition) is 0. The van der Waals surface area contributed by atoms with Crippen LogP contribution in [0.3, 0.4) is 0 Å². The van der Waals surface area contributed by atoms with E-state index in [4.69, 9.17) is 4.74 Å². The molecule has 0 radical (unpaired) electrons. The number of esters is 1. The van der Waals surface area contributed by atoms with Gasteiger partial charge in [-0.15, -0.1) is 0 Å². The molecule has 3 unspecified atom stereocenters. The van der Waals surface area contributed by atoms with Crippen LogP contribution in [0, 0.1) is 11.8 Å². The topological polar surface area (TPSA) is 42.4 Å². The Labute approximate surface area is 223 Å². The molecule has 4 heterocycles. The molecule has 190 valence electrons. The van der Waals surface area contributed by atoms with E-state index in [1.54, 1.807) is 0 Å². The Morgan fingerprint density at radius 3 is 2.32 bits per heavy atom. The molecular weight excluding hydrogens is 468 g/mol.